The molecule has 5 aromatic rings. The number of imidazole rings is 1. The molecule has 1 N–H and O–H groups in total. The SMILES string of the molecule is O=C(O)c1ccc2nc(Cc3ccc(Oc4ccnc(COc5ccc(Cl)cc5F)c4)cc3F)n(C[C@@H]3CCO3)c2c1.S. The molecule has 0 unspecified atom stereocenters. The lowest BCUT2D eigenvalue weighted by atomic mass is 10.1. The van der Waals surface area contributed by atoms with Crippen molar-refractivity contribution in [2.75, 3.05) is 6.61 Å². The van der Waals surface area contributed by atoms with E-state index in [1.165, 1.54) is 30.5 Å². The van der Waals surface area contributed by atoms with E-state index in [2.05, 4.69) is 9.97 Å². The molecule has 1 aliphatic rings. The fraction of sp³-hybridized carbons (Fsp3) is 0.194. The number of ether oxygens (including phenoxy) is 3. The monoisotopic (exact) mass is 625 g/mol. The average molecular weight is 626 g/mol. The zero-order valence-electron chi connectivity index (χ0n) is 22.6. The van der Waals surface area contributed by atoms with Gasteiger partial charge >= 0.3 is 5.97 Å². The lowest BCUT2D eigenvalue weighted by molar-refractivity contribution is -0.0589. The smallest absolute Gasteiger partial charge is 0.335 e. The number of fused-ring (bicyclic) bond motifs is 1. The van der Waals surface area contributed by atoms with Crippen LogP contribution in [0.2, 0.25) is 5.02 Å². The summed E-state index contributed by atoms with van der Waals surface area (Å²) >= 11 is 5.78. The van der Waals surface area contributed by atoms with Crippen molar-refractivity contribution in [3.63, 3.8) is 0 Å². The molecule has 3 aromatic carbocycles. The summed E-state index contributed by atoms with van der Waals surface area (Å²) in [5.74, 6) is -0.760. The maximum atomic E-state index is 15.3. The number of hydrogen-bond acceptors (Lipinski definition) is 6. The normalized spacial score (nSPS) is 14.2. The molecule has 43 heavy (non-hydrogen) atoms. The Bertz CT molecular complexity index is 1800. The zero-order chi connectivity index (χ0) is 29.2. The van der Waals surface area contributed by atoms with Gasteiger partial charge in [-0.1, -0.05) is 17.7 Å². The van der Waals surface area contributed by atoms with Crippen molar-refractivity contribution in [1.29, 1.82) is 0 Å². The molecule has 0 bridgehead atoms. The number of halogens is 3. The van der Waals surface area contributed by atoms with Crippen LogP contribution in [0, 0.1) is 11.6 Å². The molecule has 1 saturated heterocycles. The molecule has 0 amide bonds. The molecule has 1 fully saturated rings. The molecule has 0 aliphatic carbocycles. The Morgan fingerprint density at radius 3 is 2.58 bits per heavy atom. The van der Waals surface area contributed by atoms with Crippen molar-refractivity contribution in [2.45, 2.75) is 32.1 Å². The third-order valence-electron chi connectivity index (χ3n) is 6.92. The van der Waals surface area contributed by atoms with Crippen molar-refractivity contribution in [2.24, 2.45) is 0 Å². The Labute approximate surface area is 257 Å². The second-order valence-electron chi connectivity index (χ2n) is 9.81. The Hall–Kier alpha value is -4.19. The standard InChI is InChI=1S/C31H24ClF2N3O5.H2S/c32-20-3-6-29(26(34)13-20)41-17-21-14-23(7-9-35-21)42-22-4-1-18(25(33)15-22)12-30-36-27-5-2-19(31(38)39)11-28(27)37(30)16-24-8-10-40-24;/h1-7,9,11,13-15,24H,8,10,12,16-17H2,(H,38,39);1H2/t24-;/m0./s1. The fourth-order valence-electron chi connectivity index (χ4n) is 4.66. The lowest BCUT2D eigenvalue weighted by Crippen LogP contribution is -2.31. The van der Waals surface area contributed by atoms with Gasteiger partial charge in [-0.15, -0.1) is 0 Å². The fourth-order valence-corrected chi connectivity index (χ4v) is 4.82. The Kier molecular flexibility index (Phi) is 9.14. The van der Waals surface area contributed by atoms with Crippen LogP contribution >= 0.6 is 25.1 Å². The number of hydrogen-bond donors (Lipinski definition) is 1. The van der Waals surface area contributed by atoms with Gasteiger partial charge in [-0.05, 0) is 60.5 Å². The first-order valence-electron chi connectivity index (χ1n) is 13.2. The minimum Gasteiger partial charge on any atom is -0.484 e. The average Bonchev–Trinajstić information content (AvgIpc) is 3.28. The van der Waals surface area contributed by atoms with Crippen LogP contribution in [0.3, 0.4) is 0 Å². The molecular weight excluding hydrogens is 600 g/mol. The Morgan fingerprint density at radius 1 is 1.05 bits per heavy atom. The van der Waals surface area contributed by atoms with E-state index < -0.39 is 17.6 Å². The van der Waals surface area contributed by atoms with Gasteiger partial charge in [0.1, 0.15) is 29.7 Å². The second kappa shape index (κ2) is 13.0. The molecule has 6 rings (SSSR count). The van der Waals surface area contributed by atoms with Crippen LogP contribution in [-0.2, 0) is 24.3 Å². The van der Waals surface area contributed by atoms with Crippen LogP contribution in [0.4, 0.5) is 8.78 Å². The summed E-state index contributed by atoms with van der Waals surface area (Å²) in [5.41, 5.74) is 2.34. The number of pyridine rings is 1. The summed E-state index contributed by atoms with van der Waals surface area (Å²) in [5, 5.41) is 9.72. The number of carbonyl (C=O) groups is 1. The molecule has 1 atom stereocenters. The number of carboxylic acid groups (broad SMARTS) is 1. The quantitative estimate of drug-likeness (QED) is 0.180. The van der Waals surface area contributed by atoms with Crippen molar-refractivity contribution < 1.29 is 32.9 Å². The highest BCUT2D eigenvalue weighted by Crippen LogP contribution is 2.28. The number of carboxylic acids is 1. The van der Waals surface area contributed by atoms with E-state index in [4.69, 9.17) is 25.8 Å². The van der Waals surface area contributed by atoms with Gasteiger partial charge in [0.05, 0.1) is 34.9 Å². The minimum absolute atomic E-state index is 0. The maximum absolute atomic E-state index is 15.3. The predicted molar refractivity (Wildman–Crippen MR) is 161 cm³/mol. The first-order chi connectivity index (χ1) is 20.3. The van der Waals surface area contributed by atoms with Gasteiger partial charge in [0.15, 0.2) is 11.6 Å². The first kappa shape index (κ1) is 30.3. The van der Waals surface area contributed by atoms with Crippen LogP contribution < -0.4 is 9.47 Å². The zero-order valence-corrected chi connectivity index (χ0v) is 24.4. The maximum Gasteiger partial charge on any atom is 0.335 e. The van der Waals surface area contributed by atoms with Gasteiger partial charge in [-0.25, -0.2) is 18.6 Å². The molecule has 1 aliphatic heterocycles. The third-order valence-corrected chi connectivity index (χ3v) is 7.16. The van der Waals surface area contributed by atoms with Gasteiger partial charge in [-0.3, -0.25) is 4.98 Å². The Morgan fingerprint density at radius 2 is 1.86 bits per heavy atom. The van der Waals surface area contributed by atoms with E-state index in [1.807, 2.05) is 4.57 Å². The molecule has 0 radical (unpaired) electrons. The molecule has 8 nitrogen and oxygen atoms in total. The molecular formula is C31H26ClF2N3O5S. The number of benzene rings is 3. The van der Waals surface area contributed by atoms with Crippen LogP contribution in [0.25, 0.3) is 11.0 Å². The first-order valence-corrected chi connectivity index (χ1v) is 13.5. The summed E-state index contributed by atoms with van der Waals surface area (Å²) in [4.78, 5) is 20.4. The number of nitrogens with zero attached hydrogens (tertiary/aromatic N) is 3. The van der Waals surface area contributed by atoms with E-state index in [1.54, 1.807) is 36.4 Å². The topological polar surface area (TPSA) is 95.7 Å². The van der Waals surface area contributed by atoms with E-state index in [0.29, 0.717) is 47.0 Å². The highest BCUT2D eigenvalue weighted by molar-refractivity contribution is 7.59. The molecule has 12 heteroatoms. The third kappa shape index (κ3) is 6.90. The van der Waals surface area contributed by atoms with Gasteiger partial charge < -0.3 is 23.9 Å². The van der Waals surface area contributed by atoms with Crippen LogP contribution in [0.15, 0.2) is 72.9 Å². The van der Waals surface area contributed by atoms with Crippen LogP contribution in [-0.4, -0.2) is 38.3 Å². The lowest BCUT2D eigenvalue weighted by Gasteiger charge is -2.27. The second-order valence-corrected chi connectivity index (χ2v) is 10.2. The minimum atomic E-state index is -1.03. The number of aromatic carboxylic acids is 1. The van der Waals surface area contributed by atoms with Gasteiger partial charge in [0.25, 0.3) is 0 Å². The molecule has 0 spiro atoms. The number of aromatic nitrogens is 3. The van der Waals surface area contributed by atoms with Crippen LogP contribution in [0.5, 0.6) is 17.2 Å². The highest BCUT2D eigenvalue weighted by Gasteiger charge is 2.23. The predicted octanol–water partition coefficient (Wildman–Crippen LogP) is 6.92. The molecule has 3 heterocycles. The summed E-state index contributed by atoms with van der Waals surface area (Å²) < 4.78 is 48.2. The van der Waals surface area contributed by atoms with Crippen molar-refractivity contribution >= 4 is 42.1 Å². The van der Waals surface area contributed by atoms with E-state index >= 15 is 4.39 Å². The summed E-state index contributed by atoms with van der Waals surface area (Å²) in [6.07, 6.45) is 2.59. The highest BCUT2D eigenvalue weighted by atomic mass is 35.5. The van der Waals surface area contributed by atoms with Gasteiger partial charge in [-0.2, -0.15) is 13.5 Å². The summed E-state index contributed by atoms with van der Waals surface area (Å²) in [6.45, 7) is 1.16. The number of rotatable bonds is 10. The largest absolute Gasteiger partial charge is 0.484 e. The molecule has 2 aromatic heterocycles. The van der Waals surface area contributed by atoms with E-state index in [-0.39, 0.29) is 54.7 Å². The molecule has 222 valence electrons. The van der Waals surface area contributed by atoms with E-state index in [9.17, 15) is 14.3 Å². The van der Waals surface area contributed by atoms with Gasteiger partial charge in [0.2, 0.25) is 0 Å². The van der Waals surface area contributed by atoms with Crippen LogP contribution in [0.1, 0.15) is 33.9 Å². The van der Waals surface area contributed by atoms with Crippen molar-refractivity contribution in [3.8, 4) is 17.2 Å². The Balaban J connectivity index is 0.00000368. The summed E-state index contributed by atoms with van der Waals surface area (Å²) in [6, 6.07) is 16.7. The summed E-state index contributed by atoms with van der Waals surface area (Å²) in [7, 11) is 0. The van der Waals surface area contributed by atoms with E-state index in [0.717, 1.165) is 12.5 Å². The van der Waals surface area contributed by atoms with Crippen molar-refractivity contribution in [1.82, 2.24) is 14.5 Å². The van der Waals surface area contributed by atoms with Crippen molar-refractivity contribution in [3.05, 3.63) is 112 Å². The van der Waals surface area contributed by atoms with Gasteiger partial charge in [0, 0.05) is 36.4 Å². The molecule has 0 saturated carbocycles.